The molecule has 22 heavy (non-hydrogen) atoms. The van der Waals surface area contributed by atoms with Crippen molar-refractivity contribution in [3.63, 3.8) is 0 Å². The quantitative estimate of drug-likeness (QED) is 0.642. The first-order valence-corrected chi connectivity index (χ1v) is 6.76. The summed E-state index contributed by atoms with van der Waals surface area (Å²) in [4.78, 5) is 25.8. The average molecular weight is 299 g/mol. The van der Waals surface area contributed by atoms with Crippen LogP contribution in [0.25, 0.3) is 0 Å². The maximum atomic E-state index is 12.4. The van der Waals surface area contributed by atoms with Gasteiger partial charge in [-0.2, -0.15) is 0 Å². The minimum atomic E-state index is -0.468. The largest absolute Gasteiger partial charge is 0.330 e. The molecule has 0 heterocycles. The number of nitrogens with zero attached hydrogens (tertiary/aromatic N) is 3. The Bertz CT molecular complexity index is 671. The van der Waals surface area contributed by atoms with Gasteiger partial charge in [-0.15, -0.1) is 0 Å². The molecule has 0 fully saturated rings. The molecule has 0 spiro atoms. The molecule has 0 radical (unpaired) electrons. The fraction of sp³-hybridized carbons (Fsp3) is 0.188. The highest BCUT2D eigenvalue weighted by atomic mass is 16.6. The normalized spacial score (nSPS) is 10.1. The number of carbonyl (C=O) groups is 1. The van der Waals surface area contributed by atoms with Crippen molar-refractivity contribution in [2.45, 2.75) is 6.54 Å². The number of hydrogen-bond acceptors (Lipinski definition) is 3. The third-order valence-corrected chi connectivity index (χ3v) is 3.15. The molecule has 6 heteroatoms. The van der Waals surface area contributed by atoms with Crippen LogP contribution in [-0.2, 0) is 6.54 Å². The van der Waals surface area contributed by atoms with Crippen molar-refractivity contribution in [2.24, 2.45) is 0 Å². The Morgan fingerprint density at radius 2 is 1.77 bits per heavy atom. The Morgan fingerprint density at radius 3 is 2.36 bits per heavy atom. The molecule has 0 N–H and O–H groups in total. The van der Waals surface area contributed by atoms with Crippen LogP contribution in [0, 0.1) is 10.1 Å². The first-order chi connectivity index (χ1) is 10.5. The average Bonchev–Trinajstić information content (AvgIpc) is 2.53. The first kappa shape index (κ1) is 15.5. The Kier molecular flexibility index (Phi) is 4.73. The number of anilines is 1. The number of rotatable bonds is 4. The van der Waals surface area contributed by atoms with E-state index in [1.165, 1.54) is 21.9 Å². The summed E-state index contributed by atoms with van der Waals surface area (Å²) in [5, 5.41) is 10.9. The number of carbonyl (C=O) groups excluding carboxylic acids is 1. The SMILES string of the molecule is CN(C)C(=O)N(Cc1ccccc1)c1cccc([N+](=O)[O-])c1. The monoisotopic (exact) mass is 299 g/mol. The molecule has 0 aliphatic carbocycles. The Hall–Kier alpha value is -2.89. The molecule has 0 unspecified atom stereocenters. The summed E-state index contributed by atoms with van der Waals surface area (Å²) in [6.45, 7) is 0.346. The smallest absolute Gasteiger partial charge is 0.324 e. The van der Waals surface area contributed by atoms with Gasteiger partial charge in [-0.3, -0.25) is 15.0 Å². The molecular formula is C16H17N3O3. The summed E-state index contributed by atoms with van der Waals surface area (Å²) in [6, 6.07) is 15.3. The second-order valence-corrected chi connectivity index (χ2v) is 5.03. The van der Waals surface area contributed by atoms with Gasteiger partial charge in [-0.25, -0.2) is 4.79 Å². The summed E-state index contributed by atoms with van der Waals surface area (Å²) in [6.07, 6.45) is 0. The second-order valence-electron chi connectivity index (χ2n) is 5.03. The molecule has 0 saturated heterocycles. The maximum absolute atomic E-state index is 12.4. The third-order valence-electron chi connectivity index (χ3n) is 3.15. The van der Waals surface area contributed by atoms with E-state index in [0.717, 1.165) is 5.56 Å². The van der Waals surface area contributed by atoms with Crippen molar-refractivity contribution in [3.05, 3.63) is 70.3 Å². The summed E-state index contributed by atoms with van der Waals surface area (Å²) < 4.78 is 0. The minimum absolute atomic E-state index is 0.0397. The van der Waals surface area contributed by atoms with E-state index in [2.05, 4.69) is 0 Å². The van der Waals surface area contributed by atoms with Crippen LogP contribution in [0.4, 0.5) is 16.2 Å². The van der Waals surface area contributed by atoms with Crippen LogP contribution < -0.4 is 4.90 Å². The zero-order valence-corrected chi connectivity index (χ0v) is 12.5. The maximum Gasteiger partial charge on any atom is 0.324 e. The predicted molar refractivity (Wildman–Crippen MR) is 84.8 cm³/mol. The molecule has 0 bridgehead atoms. The first-order valence-electron chi connectivity index (χ1n) is 6.76. The third kappa shape index (κ3) is 3.60. The molecule has 2 rings (SSSR count). The van der Waals surface area contributed by atoms with Gasteiger partial charge < -0.3 is 4.90 Å². The van der Waals surface area contributed by atoms with Gasteiger partial charge in [0.05, 0.1) is 17.2 Å². The number of nitro groups is 1. The molecule has 0 aliphatic heterocycles. The summed E-state index contributed by atoms with van der Waals surface area (Å²) in [5.74, 6) is 0. The fourth-order valence-electron chi connectivity index (χ4n) is 2.05. The van der Waals surface area contributed by atoms with Gasteiger partial charge in [0, 0.05) is 26.2 Å². The number of hydrogen-bond donors (Lipinski definition) is 0. The van der Waals surface area contributed by atoms with Gasteiger partial charge in [0.15, 0.2) is 0 Å². The van der Waals surface area contributed by atoms with Crippen molar-refractivity contribution < 1.29 is 9.72 Å². The topological polar surface area (TPSA) is 66.7 Å². The lowest BCUT2D eigenvalue weighted by Crippen LogP contribution is -2.38. The Balaban J connectivity index is 2.38. The van der Waals surface area contributed by atoms with Gasteiger partial charge >= 0.3 is 6.03 Å². The molecule has 6 nitrogen and oxygen atoms in total. The Morgan fingerprint density at radius 1 is 1.09 bits per heavy atom. The lowest BCUT2D eigenvalue weighted by molar-refractivity contribution is -0.384. The van der Waals surface area contributed by atoms with Gasteiger partial charge in [0.1, 0.15) is 0 Å². The van der Waals surface area contributed by atoms with Crippen LogP contribution in [0.1, 0.15) is 5.56 Å². The van der Waals surface area contributed by atoms with Crippen LogP contribution in [0.2, 0.25) is 0 Å². The molecule has 0 saturated carbocycles. The van der Waals surface area contributed by atoms with Crippen molar-refractivity contribution in [1.29, 1.82) is 0 Å². The number of nitro benzene ring substituents is 1. The molecule has 0 aromatic heterocycles. The van der Waals surface area contributed by atoms with E-state index >= 15 is 0 Å². The highest BCUT2D eigenvalue weighted by molar-refractivity contribution is 5.92. The number of benzene rings is 2. The molecule has 114 valence electrons. The van der Waals surface area contributed by atoms with E-state index in [1.807, 2.05) is 30.3 Å². The minimum Gasteiger partial charge on any atom is -0.330 e. The summed E-state index contributed by atoms with van der Waals surface area (Å²) >= 11 is 0. The molecule has 2 amide bonds. The summed E-state index contributed by atoms with van der Waals surface area (Å²) in [5.41, 5.74) is 1.41. The van der Waals surface area contributed by atoms with E-state index in [4.69, 9.17) is 0 Å². The van der Waals surface area contributed by atoms with Crippen molar-refractivity contribution >= 4 is 17.4 Å². The molecule has 2 aromatic carbocycles. The molecule has 0 atom stereocenters. The van der Waals surface area contributed by atoms with Crippen LogP contribution in [-0.4, -0.2) is 29.9 Å². The van der Waals surface area contributed by atoms with Gasteiger partial charge in [0.2, 0.25) is 0 Å². The van der Waals surface area contributed by atoms with Gasteiger partial charge in [0.25, 0.3) is 5.69 Å². The van der Waals surface area contributed by atoms with Crippen molar-refractivity contribution in [1.82, 2.24) is 4.90 Å². The number of non-ortho nitro benzene ring substituents is 1. The lowest BCUT2D eigenvalue weighted by atomic mass is 10.2. The van der Waals surface area contributed by atoms with Crippen molar-refractivity contribution in [3.8, 4) is 0 Å². The van der Waals surface area contributed by atoms with Crippen LogP contribution in [0.3, 0.4) is 0 Å². The fourth-order valence-corrected chi connectivity index (χ4v) is 2.05. The standard InChI is InChI=1S/C16H17N3O3/c1-17(2)16(20)18(12-13-7-4-3-5-8-13)14-9-6-10-15(11-14)19(21)22/h3-11H,12H2,1-2H3. The van der Waals surface area contributed by atoms with E-state index in [0.29, 0.717) is 12.2 Å². The van der Waals surface area contributed by atoms with E-state index in [-0.39, 0.29) is 11.7 Å². The number of amides is 2. The van der Waals surface area contributed by atoms with Crippen molar-refractivity contribution in [2.75, 3.05) is 19.0 Å². The number of urea groups is 1. The highest BCUT2D eigenvalue weighted by Gasteiger charge is 2.20. The highest BCUT2D eigenvalue weighted by Crippen LogP contribution is 2.23. The molecular weight excluding hydrogens is 282 g/mol. The van der Waals surface area contributed by atoms with Crippen LogP contribution >= 0.6 is 0 Å². The second kappa shape index (κ2) is 6.71. The van der Waals surface area contributed by atoms with E-state index < -0.39 is 4.92 Å². The predicted octanol–water partition coefficient (Wildman–Crippen LogP) is 3.28. The molecule has 2 aromatic rings. The van der Waals surface area contributed by atoms with Crippen LogP contribution in [0.5, 0.6) is 0 Å². The van der Waals surface area contributed by atoms with Gasteiger partial charge in [-0.05, 0) is 11.6 Å². The van der Waals surface area contributed by atoms with E-state index in [9.17, 15) is 14.9 Å². The summed E-state index contributed by atoms with van der Waals surface area (Å²) in [7, 11) is 3.30. The lowest BCUT2D eigenvalue weighted by Gasteiger charge is -2.26. The van der Waals surface area contributed by atoms with E-state index in [1.54, 1.807) is 26.2 Å². The molecule has 0 aliphatic rings. The van der Waals surface area contributed by atoms with Gasteiger partial charge in [-0.1, -0.05) is 36.4 Å². The Labute approximate surface area is 128 Å². The zero-order valence-electron chi connectivity index (χ0n) is 12.5. The van der Waals surface area contributed by atoms with Crippen LogP contribution in [0.15, 0.2) is 54.6 Å². The zero-order chi connectivity index (χ0) is 16.1.